The van der Waals surface area contributed by atoms with Gasteiger partial charge in [-0.3, -0.25) is 14.5 Å². The standard InChI is InChI=1S/C33H35F2N7O2/c1-20-14-39(26(13-36-20)16-40-15-23-11-25(35)8-9-27(23)32(40)44)17-29(43)41-18-33(2,3)30-28(41)12-22(31-37-19-38-42(30)31)10-21-4-6-24(34)7-5-21/h4-9,11-12,19-20,26,36H,10,13-18H2,1-3H3/t20-,26-/m1/s1. The average Bonchev–Trinajstić information content (AvgIpc) is 3.65. The van der Waals surface area contributed by atoms with Crippen molar-refractivity contribution in [3.05, 3.63) is 94.4 Å². The molecule has 11 heteroatoms. The van der Waals surface area contributed by atoms with Crippen molar-refractivity contribution in [3.63, 3.8) is 0 Å². The fourth-order valence-electron chi connectivity index (χ4n) is 7.02. The van der Waals surface area contributed by atoms with Crippen LogP contribution in [0.25, 0.3) is 5.65 Å². The molecule has 2 aromatic carbocycles. The van der Waals surface area contributed by atoms with Gasteiger partial charge < -0.3 is 15.1 Å². The van der Waals surface area contributed by atoms with Crippen molar-refractivity contribution < 1.29 is 18.4 Å². The van der Waals surface area contributed by atoms with Gasteiger partial charge in [0.2, 0.25) is 5.91 Å². The summed E-state index contributed by atoms with van der Waals surface area (Å²) in [4.78, 5) is 37.6. The molecule has 1 saturated heterocycles. The summed E-state index contributed by atoms with van der Waals surface area (Å²) in [6, 6.07) is 12.8. The van der Waals surface area contributed by atoms with Crippen LogP contribution in [0.4, 0.5) is 14.5 Å². The number of amides is 2. The van der Waals surface area contributed by atoms with Crippen molar-refractivity contribution in [3.8, 4) is 0 Å². The van der Waals surface area contributed by atoms with Crippen LogP contribution in [0.15, 0.2) is 54.9 Å². The van der Waals surface area contributed by atoms with Crippen LogP contribution in [-0.2, 0) is 23.2 Å². The molecule has 1 fully saturated rings. The third-order valence-electron chi connectivity index (χ3n) is 9.14. The SMILES string of the molecule is C[C@@H]1CN(CC(=O)N2CC(C)(C)c3c2cc(Cc2ccc(F)cc2)c2ncnn32)[C@@H](CN2Cc3cc(F)ccc3C2=O)CN1. The molecular formula is C33H35F2N7O2. The van der Waals surface area contributed by atoms with Gasteiger partial charge in [0.05, 0.1) is 17.9 Å². The Hall–Kier alpha value is -4.22. The number of nitrogens with one attached hydrogen (secondary N) is 1. The Morgan fingerprint density at radius 3 is 2.66 bits per heavy atom. The number of rotatable bonds is 6. The lowest BCUT2D eigenvalue weighted by molar-refractivity contribution is -0.120. The second-order valence-electron chi connectivity index (χ2n) is 12.9. The zero-order chi connectivity index (χ0) is 30.7. The van der Waals surface area contributed by atoms with Crippen molar-refractivity contribution >= 4 is 23.1 Å². The van der Waals surface area contributed by atoms with Gasteiger partial charge in [-0.15, -0.1) is 0 Å². The number of anilines is 1. The summed E-state index contributed by atoms with van der Waals surface area (Å²) in [6.45, 7) is 9.07. The summed E-state index contributed by atoms with van der Waals surface area (Å²) in [7, 11) is 0. The highest BCUT2D eigenvalue weighted by Crippen LogP contribution is 2.42. The molecule has 0 bridgehead atoms. The van der Waals surface area contributed by atoms with Crippen molar-refractivity contribution in [2.45, 2.75) is 51.2 Å². The number of aromatic nitrogens is 3. The molecule has 1 N–H and O–H groups in total. The Morgan fingerprint density at radius 1 is 1.09 bits per heavy atom. The first-order valence-corrected chi connectivity index (χ1v) is 15.0. The summed E-state index contributed by atoms with van der Waals surface area (Å²) >= 11 is 0. The molecule has 2 atom stereocenters. The fraction of sp³-hybridized carbons (Fsp3) is 0.394. The minimum Gasteiger partial charge on any atom is -0.333 e. The Labute approximate surface area is 254 Å². The Morgan fingerprint density at radius 2 is 1.86 bits per heavy atom. The van der Waals surface area contributed by atoms with Crippen molar-refractivity contribution in [1.82, 2.24) is 29.7 Å². The van der Waals surface area contributed by atoms with Crippen LogP contribution in [0.3, 0.4) is 0 Å². The van der Waals surface area contributed by atoms with Crippen molar-refractivity contribution in [1.29, 1.82) is 0 Å². The molecule has 3 aliphatic rings. The van der Waals surface area contributed by atoms with Crippen molar-refractivity contribution in [2.75, 3.05) is 37.6 Å². The highest BCUT2D eigenvalue weighted by Gasteiger charge is 2.42. The zero-order valence-corrected chi connectivity index (χ0v) is 25.1. The van der Waals surface area contributed by atoms with Gasteiger partial charge >= 0.3 is 0 Å². The number of benzene rings is 2. The number of fused-ring (bicyclic) bond motifs is 4. The van der Waals surface area contributed by atoms with Crippen LogP contribution in [0, 0.1) is 11.6 Å². The van der Waals surface area contributed by atoms with E-state index >= 15 is 0 Å². The molecule has 3 aliphatic heterocycles. The predicted octanol–water partition coefficient (Wildman–Crippen LogP) is 3.54. The number of hydrogen-bond donors (Lipinski definition) is 1. The highest BCUT2D eigenvalue weighted by atomic mass is 19.1. The molecule has 0 aliphatic carbocycles. The molecule has 2 amide bonds. The van der Waals surface area contributed by atoms with Crippen LogP contribution in [0.2, 0.25) is 0 Å². The first-order chi connectivity index (χ1) is 21.1. The maximum absolute atomic E-state index is 14.2. The fourth-order valence-corrected chi connectivity index (χ4v) is 7.02. The molecule has 0 saturated carbocycles. The van der Waals surface area contributed by atoms with E-state index in [1.54, 1.807) is 23.1 Å². The zero-order valence-electron chi connectivity index (χ0n) is 25.1. The quantitative estimate of drug-likeness (QED) is 0.365. The van der Waals surface area contributed by atoms with E-state index in [9.17, 15) is 18.4 Å². The number of halogens is 2. The summed E-state index contributed by atoms with van der Waals surface area (Å²) < 4.78 is 29.3. The molecule has 44 heavy (non-hydrogen) atoms. The summed E-state index contributed by atoms with van der Waals surface area (Å²) in [5.41, 5.74) is 5.17. The van der Waals surface area contributed by atoms with Gasteiger partial charge in [0, 0.05) is 67.8 Å². The molecule has 0 unspecified atom stereocenters. The molecule has 0 radical (unpaired) electrons. The second kappa shape index (κ2) is 10.7. The van der Waals surface area contributed by atoms with Gasteiger partial charge in [-0.05, 0) is 54.4 Å². The Bertz CT molecular complexity index is 1770. The first-order valence-electron chi connectivity index (χ1n) is 15.0. The van der Waals surface area contributed by atoms with E-state index in [1.807, 2.05) is 15.5 Å². The molecule has 5 heterocycles. The third-order valence-corrected chi connectivity index (χ3v) is 9.14. The van der Waals surface area contributed by atoms with Crippen LogP contribution < -0.4 is 10.2 Å². The Balaban J connectivity index is 1.15. The minimum absolute atomic E-state index is 0.0266. The molecule has 4 aromatic rings. The van der Waals surface area contributed by atoms with Gasteiger partial charge in [-0.2, -0.15) is 5.10 Å². The lowest BCUT2D eigenvalue weighted by Gasteiger charge is -2.41. The Kier molecular flexibility index (Phi) is 6.97. The summed E-state index contributed by atoms with van der Waals surface area (Å²) in [6.07, 6.45) is 2.05. The highest BCUT2D eigenvalue weighted by molar-refractivity contribution is 5.99. The molecule has 228 valence electrons. The number of nitrogens with zero attached hydrogens (tertiary/aromatic N) is 6. The van der Waals surface area contributed by atoms with E-state index in [2.05, 4.69) is 41.1 Å². The van der Waals surface area contributed by atoms with E-state index < -0.39 is 0 Å². The molecular weight excluding hydrogens is 564 g/mol. The number of pyridine rings is 1. The van der Waals surface area contributed by atoms with Crippen LogP contribution in [-0.4, -0.2) is 81.0 Å². The normalized spacial score (nSPS) is 21.2. The molecule has 0 spiro atoms. The minimum atomic E-state index is -0.371. The number of carbonyl (C=O) groups excluding carboxylic acids is 2. The monoisotopic (exact) mass is 599 g/mol. The van der Waals surface area contributed by atoms with Crippen LogP contribution in [0.5, 0.6) is 0 Å². The van der Waals surface area contributed by atoms with Gasteiger partial charge in [0.25, 0.3) is 5.91 Å². The van der Waals surface area contributed by atoms with E-state index in [0.29, 0.717) is 50.3 Å². The first kappa shape index (κ1) is 28.5. The van der Waals surface area contributed by atoms with E-state index in [-0.39, 0.29) is 47.5 Å². The van der Waals surface area contributed by atoms with E-state index in [1.165, 1.54) is 30.6 Å². The van der Waals surface area contributed by atoms with Crippen LogP contribution in [0.1, 0.15) is 53.5 Å². The number of carbonyl (C=O) groups is 2. The number of hydrogen-bond acceptors (Lipinski definition) is 6. The van der Waals surface area contributed by atoms with Crippen LogP contribution >= 0.6 is 0 Å². The maximum Gasteiger partial charge on any atom is 0.254 e. The van der Waals surface area contributed by atoms with E-state index in [0.717, 1.165) is 28.2 Å². The molecule has 2 aromatic heterocycles. The second-order valence-corrected chi connectivity index (χ2v) is 12.9. The summed E-state index contributed by atoms with van der Waals surface area (Å²) in [5.74, 6) is -0.773. The van der Waals surface area contributed by atoms with Gasteiger partial charge in [-0.25, -0.2) is 18.3 Å². The largest absolute Gasteiger partial charge is 0.333 e. The third kappa shape index (κ3) is 5.03. The van der Waals surface area contributed by atoms with Gasteiger partial charge in [-0.1, -0.05) is 26.0 Å². The topological polar surface area (TPSA) is 86.1 Å². The average molecular weight is 600 g/mol. The number of piperazine rings is 1. The van der Waals surface area contributed by atoms with E-state index in [4.69, 9.17) is 0 Å². The lowest BCUT2D eigenvalue weighted by atomic mass is 9.90. The van der Waals surface area contributed by atoms with Crippen molar-refractivity contribution in [2.24, 2.45) is 0 Å². The summed E-state index contributed by atoms with van der Waals surface area (Å²) in [5, 5.41) is 8.05. The predicted molar refractivity (Wildman–Crippen MR) is 162 cm³/mol. The van der Waals surface area contributed by atoms with Gasteiger partial charge in [0.1, 0.15) is 18.0 Å². The lowest BCUT2D eigenvalue weighted by Crippen LogP contribution is -2.60. The van der Waals surface area contributed by atoms with Gasteiger partial charge in [0.15, 0.2) is 5.65 Å². The maximum atomic E-state index is 14.2. The smallest absolute Gasteiger partial charge is 0.254 e. The molecule has 9 nitrogen and oxygen atoms in total. The molecule has 7 rings (SSSR count).